The van der Waals surface area contributed by atoms with E-state index in [1.54, 1.807) is 0 Å². The van der Waals surface area contributed by atoms with Crippen LogP contribution in [0.15, 0.2) is 66.7 Å². The number of carbonyl (C=O) groups excluding carboxylic acids is 1. The summed E-state index contributed by atoms with van der Waals surface area (Å²) in [7, 11) is 0. The summed E-state index contributed by atoms with van der Waals surface area (Å²) in [6, 6.07) is 23.6. The van der Waals surface area contributed by atoms with E-state index in [9.17, 15) is 4.79 Å². The third-order valence-electron chi connectivity index (χ3n) is 7.17. The van der Waals surface area contributed by atoms with Gasteiger partial charge in [-0.3, -0.25) is 0 Å². The predicted octanol–water partition coefficient (Wildman–Crippen LogP) is 7.49. The van der Waals surface area contributed by atoms with Gasteiger partial charge in [0.05, 0.1) is 0 Å². The minimum Gasteiger partial charge on any atom is -0.341 e. The molecule has 5 rings (SSSR count). The van der Waals surface area contributed by atoms with Crippen LogP contribution in [0.2, 0.25) is 0 Å². The maximum absolute atomic E-state index is 13.5. The smallest absolute Gasteiger partial charge is 0.322 e. The maximum atomic E-state index is 13.5. The summed E-state index contributed by atoms with van der Waals surface area (Å²) < 4.78 is 2.37. The summed E-state index contributed by atoms with van der Waals surface area (Å²) in [4.78, 5) is 15.6. The van der Waals surface area contributed by atoms with Crippen molar-refractivity contribution in [2.45, 2.75) is 65.1 Å². The highest BCUT2D eigenvalue weighted by Crippen LogP contribution is 2.31. The van der Waals surface area contributed by atoms with Crippen LogP contribution >= 0.6 is 0 Å². The second kappa shape index (κ2) is 9.30. The quantitative estimate of drug-likeness (QED) is 0.344. The van der Waals surface area contributed by atoms with Crippen molar-refractivity contribution in [3.8, 4) is 0 Å². The Morgan fingerprint density at radius 1 is 0.939 bits per heavy atom. The van der Waals surface area contributed by atoms with Gasteiger partial charge in [-0.1, -0.05) is 61.7 Å². The van der Waals surface area contributed by atoms with E-state index in [0.29, 0.717) is 6.54 Å². The number of para-hydroxylation sites is 2. The molecule has 1 fully saturated rings. The Balaban J connectivity index is 1.49. The van der Waals surface area contributed by atoms with Gasteiger partial charge in [0, 0.05) is 46.6 Å². The van der Waals surface area contributed by atoms with Gasteiger partial charge in [0.2, 0.25) is 0 Å². The predicted molar refractivity (Wildman–Crippen MR) is 138 cm³/mol. The zero-order chi connectivity index (χ0) is 22.8. The molecule has 0 spiro atoms. The molecule has 0 aliphatic heterocycles. The van der Waals surface area contributed by atoms with Gasteiger partial charge in [-0.15, -0.1) is 0 Å². The Kier molecular flexibility index (Phi) is 6.08. The highest BCUT2D eigenvalue weighted by molar-refractivity contribution is 6.08. The average molecular weight is 440 g/mol. The van der Waals surface area contributed by atoms with Crippen molar-refractivity contribution >= 4 is 33.5 Å². The molecule has 1 aliphatic carbocycles. The summed E-state index contributed by atoms with van der Waals surface area (Å²) in [5.41, 5.74) is 5.70. The summed E-state index contributed by atoms with van der Waals surface area (Å²) in [5.74, 6) is 0. The molecule has 3 aromatic carbocycles. The molecule has 4 heteroatoms. The number of urea groups is 1. The number of anilines is 1. The fourth-order valence-electron chi connectivity index (χ4n) is 5.40. The molecule has 0 atom stereocenters. The molecule has 1 aromatic heterocycles. The lowest BCUT2D eigenvalue weighted by Gasteiger charge is -2.34. The normalized spacial score (nSPS) is 14.6. The van der Waals surface area contributed by atoms with Crippen LogP contribution in [0, 0.1) is 6.92 Å². The molecular formula is C29H33N3O. The molecule has 0 radical (unpaired) electrons. The second-order valence-corrected chi connectivity index (χ2v) is 9.28. The summed E-state index contributed by atoms with van der Waals surface area (Å²) in [6.45, 7) is 5.80. The number of aryl methyl sites for hydroxylation is 2. The Hall–Kier alpha value is -3.27. The standard InChI is InChI=1S/C29H33N3O/c1-3-31-27-16-10-8-14-24(27)25-19-22(17-18-28(25)31)20-32(23-12-5-4-6-13-23)29(33)30-26-15-9-7-11-21(26)2/h7-11,14-19,23H,3-6,12-13,20H2,1-2H3,(H,30,33). The SMILES string of the molecule is CCn1c2ccccc2c2cc(CN(C(=O)Nc3ccccc3C)C3CCCCC3)ccc21. The molecule has 2 amide bonds. The van der Waals surface area contributed by atoms with Crippen molar-refractivity contribution in [2.75, 3.05) is 5.32 Å². The van der Waals surface area contributed by atoms with Gasteiger partial charge < -0.3 is 14.8 Å². The van der Waals surface area contributed by atoms with Gasteiger partial charge in [0.25, 0.3) is 0 Å². The van der Waals surface area contributed by atoms with Gasteiger partial charge in [0.15, 0.2) is 0 Å². The van der Waals surface area contributed by atoms with Gasteiger partial charge in [-0.2, -0.15) is 0 Å². The van der Waals surface area contributed by atoms with Gasteiger partial charge >= 0.3 is 6.03 Å². The van der Waals surface area contributed by atoms with E-state index in [-0.39, 0.29) is 12.1 Å². The van der Waals surface area contributed by atoms with Crippen LogP contribution in [-0.4, -0.2) is 21.5 Å². The van der Waals surface area contributed by atoms with Crippen molar-refractivity contribution in [2.24, 2.45) is 0 Å². The summed E-state index contributed by atoms with van der Waals surface area (Å²) in [5, 5.41) is 5.74. The number of aromatic nitrogens is 1. The molecule has 0 saturated heterocycles. The van der Waals surface area contributed by atoms with Gasteiger partial charge in [-0.05, 0) is 62.1 Å². The molecule has 1 aliphatic rings. The van der Waals surface area contributed by atoms with E-state index in [4.69, 9.17) is 0 Å². The highest BCUT2D eigenvalue weighted by Gasteiger charge is 2.26. The molecule has 0 unspecified atom stereocenters. The molecular weight excluding hydrogens is 406 g/mol. The van der Waals surface area contributed by atoms with Crippen molar-refractivity contribution < 1.29 is 4.79 Å². The van der Waals surface area contributed by atoms with Crippen LogP contribution in [-0.2, 0) is 13.1 Å². The fourth-order valence-corrected chi connectivity index (χ4v) is 5.40. The van der Waals surface area contributed by atoms with E-state index >= 15 is 0 Å². The van der Waals surface area contributed by atoms with Crippen molar-refractivity contribution in [1.29, 1.82) is 0 Å². The zero-order valence-corrected chi connectivity index (χ0v) is 19.7. The monoisotopic (exact) mass is 439 g/mol. The van der Waals surface area contributed by atoms with E-state index in [1.165, 1.54) is 46.6 Å². The van der Waals surface area contributed by atoms with Crippen LogP contribution in [0.1, 0.15) is 50.2 Å². The van der Waals surface area contributed by atoms with Crippen LogP contribution < -0.4 is 5.32 Å². The number of rotatable bonds is 5. The molecule has 4 nitrogen and oxygen atoms in total. The first kappa shape index (κ1) is 21.6. The zero-order valence-electron chi connectivity index (χ0n) is 19.7. The largest absolute Gasteiger partial charge is 0.341 e. The van der Waals surface area contributed by atoms with E-state index < -0.39 is 0 Å². The fraction of sp³-hybridized carbons (Fsp3) is 0.345. The second-order valence-electron chi connectivity index (χ2n) is 9.28. The summed E-state index contributed by atoms with van der Waals surface area (Å²) >= 11 is 0. The number of nitrogens with zero attached hydrogens (tertiary/aromatic N) is 2. The Bertz CT molecular complexity index is 1280. The molecule has 170 valence electrons. The third kappa shape index (κ3) is 4.22. The van der Waals surface area contributed by atoms with Crippen LogP contribution in [0.5, 0.6) is 0 Å². The van der Waals surface area contributed by atoms with E-state index in [1.807, 2.05) is 31.2 Å². The van der Waals surface area contributed by atoms with E-state index in [0.717, 1.165) is 30.6 Å². The first-order valence-corrected chi connectivity index (χ1v) is 12.3. The van der Waals surface area contributed by atoms with Gasteiger partial charge in [0.1, 0.15) is 0 Å². The first-order valence-electron chi connectivity index (χ1n) is 12.3. The van der Waals surface area contributed by atoms with Crippen molar-refractivity contribution in [3.05, 3.63) is 77.9 Å². The Labute approximate surface area is 196 Å². The molecule has 1 heterocycles. The number of hydrogen-bond acceptors (Lipinski definition) is 1. The molecule has 0 bridgehead atoms. The Morgan fingerprint density at radius 2 is 1.67 bits per heavy atom. The number of fused-ring (bicyclic) bond motifs is 3. The number of hydrogen-bond donors (Lipinski definition) is 1. The third-order valence-corrected chi connectivity index (χ3v) is 7.17. The van der Waals surface area contributed by atoms with Gasteiger partial charge in [-0.25, -0.2) is 4.79 Å². The molecule has 4 aromatic rings. The topological polar surface area (TPSA) is 37.3 Å². The van der Waals surface area contributed by atoms with Crippen LogP contribution in [0.4, 0.5) is 10.5 Å². The molecule has 1 N–H and O–H groups in total. The minimum atomic E-state index is 0.00674. The van der Waals surface area contributed by atoms with Crippen LogP contribution in [0.25, 0.3) is 21.8 Å². The number of benzene rings is 3. The molecule has 33 heavy (non-hydrogen) atoms. The average Bonchev–Trinajstić information content (AvgIpc) is 3.17. The lowest BCUT2D eigenvalue weighted by Crippen LogP contribution is -2.43. The number of carbonyl (C=O) groups is 1. The number of amides is 2. The lowest BCUT2D eigenvalue weighted by atomic mass is 9.94. The number of nitrogens with one attached hydrogen (secondary N) is 1. The highest BCUT2D eigenvalue weighted by atomic mass is 16.2. The Morgan fingerprint density at radius 3 is 2.45 bits per heavy atom. The van der Waals surface area contributed by atoms with Crippen LogP contribution in [0.3, 0.4) is 0 Å². The minimum absolute atomic E-state index is 0.00674. The first-order chi connectivity index (χ1) is 16.2. The van der Waals surface area contributed by atoms with Crippen molar-refractivity contribution in [3.63, 3.8) is 0 Å². The van der Waals surface area contributed by atoms with E-state index in [2.05, 4.69) is 64.2 Å². The molecule has 1 saturated carbocycles. The maximum Gasteiger partial charge on any atom is 0.322 e. The lowest BCUT2D eigenvalue weighted by molar-refractivity contribution is 0.163. The summed E-state index contributed by atoms with van der Waals surface area (Å²) in [6.07, 6.45) is 5.83. The van der Waals surface area contributed by atoms with Crippen molar-refractivity contribution in [1.82, 2.24) is 9.47 Å².